The number of fused-ring (bicyclic) bond motifs is 1. The molecule has 3 aromatic heterocycles. The van der Waals surface area contributed by atoms with Gasteiger partial charge in [-0.05, 0) is 104 Å². The molecule has 1 spiro atoms. The van der Waals surface area contributed by atoms with E-state index < -0.39 is 31.4 Å². The number of nitro benzene ring substituents is 1. The molecule has 5 aromatic rings. The number of aromatic nitrogens is 3. The Bertz CT molecular complexity index is 2650. The first-order chi connectivity index (χ1) is 30.3. The van der Waals surface area contributed by atoms with E-state index in [1.165, 1.54) is 61.3 Å². The van der Waals surface area contributed by atoms with E-state index >= 15 is 0 Å². The molecule has 1 unspecified atom stereocenters. The Balaban J connectivity index is 0.902. The Kier molecular flexibility index (Phi) is 11.6. The molecule has 9 rings (SSSR count). The summed E-state index contributed by atoms with van der Waals surface area (Å²) < 4.78 is 35.7. The van der Waals surface area contributed by atoms with Crippen LogP contribution in [0.5, 0.6) is 11.5 Å². The van der Waals surface area contributed by atoms with Crippen LogP contribution in [0.2, 0.25) is 0 Å². The van der Waals surface area contributed by atoms with E-state index in [1.807, 2.05) is 6.07 Å². The van der Waals surface area contributed by atoms with E-state index in [9.17, 15) is 28.1 Å². The standard InChI is InChI=1S/C46H53N9O7S/c1-29(2)35-6-3-4-7-36(35)39-8-5-17-54(39)32-24-46(25-32)13-18-53(19-14-46)42-23-41(62-33-21-31-12-16-48-44(31)51-27-33)37(28-50-42)45(57)52-63(60,61)34-9-10-38(40(22-34)55(58)59)49-26-30-11-15-47-43(56)20-30/h3-4,6-7,9-10,12,16,21-23,27-30,32,39,49H,5,8,11,13-15,17-20,24-26H2,1-2H3,(H,47,56)(H,48,51)(H,52,57)/t30?,39-/m0/s1. The number of likely N-dealkylation sites (tertiary alicyclic amines) is 1. The van der Waals surface area contributed by atoms with Gasteiger partial charge in [0, 0.05) is 74.6 Å². The van der Waals surface area contributed by atoms with Crippen molar-refractivity contribution in [3.8, 4) is 11.5 Å². The van der Waals surface area contributed by atoms with Crippen molar-refractivity contribution in [3.63, 3.8) is 0 Å². The quantitative estimate of drug-likeness (QED) is 0.0674. The second-order valence-electron chi connectivity index (χ2n) is 17.9. The molecule has 1 saturated carbocycles. The number of benzene rings is 2. The molecule has 4 aliphatic rings. The second kappa shape index (κ2) is 17.2. The van der Waals surface area contributed by atoms with E-state index in [2.05, 4.69) is 78.2 Å². The van der Waals surface area contributed by atoms with Crippen molar-refractivity contribution in [2.24, 2.45) is 11.3 Å². The molecule has 2 aromatic carbocycles. The lowest BCUT2D eigenvalue weighted by molar-refractivity contribution is -0.384. The fourth-order valence-corrected chi connectivity index (χ4v) is 11.1. The van der Waals surface area contributed by atoms with Gasteiger partial charge in [0.15, 0.2) is 0 Å². The number of nitrogens with zero attached hydrogens (tertiary/aromatic N) is 5. The molecule has 3 aliphatic heterocycles. The highest BCUT2D eigenvalue weighted by Crippen LogP contribution is 2.54. The van der Waals surface area contributed by atoms with Gasteiger partial charge in [0.2, 0.25) is 5.91 Å². The van der Waals surface area contributed by atoms with Gasteiger partial charge in [-0.3, -0.25) is 24.6 Å². The smallest absolute Gasteiger partial charge is 0.293 e. The van der Waals surface area contributed by atoms with Crippen LogP contribution < -0.4 is 25.0 Å². The highest BCUT2D eigenvalue weighted by Gasteiger charge is 2.50. The summed E-state index contributed by atoms with van der Waals surface area (Å²) in [4.78, 5) is 53.7. The number of nitro groups is 1. The summed E-state index contributed by atoms with van der Waals surface area (Å²) in [7, 11) is -4.61. The fourth-order valence-electron chi connectivity index (χ4n) is 10.1. The number of hydrogen-bond acceptors (Lipinski definition) is 12. The first kappa shape index (κ1) is 42.2. The van der Waals surface area contributed by atoms with E-state index in [1.54, 1.807) is 18.3 Å². The van der Waals surface area contributed by atoms with Crippen molar-refractivity contribution in [2.75, 3.05) is 42.9 Å². The highest BCUT2D eigenvalue weighted by molar-refractivity contribution is 7.90. The highest BCUT2D eigenvalue weighted by atomic mass is 32.2. The van der Waals surface area contributed by atoms with Crippen LogP contribution >= 0.6 is 0 Å². The fraction of sp³-hybridized carbons (Fsp3) is 0.435. The van der Waals surface area contributed by atoms with Gasteiger partial charge in [-0.15, -0.1) is 0 Å². The number of H-pyrrole nitrogens is 1. The van der Waals surface area contributed by atoms with E-state index in [-0.39, 0.29) is 40.7 Å². The summed E-state index contributed by atoms with van der Waals surface area (Å²) in [6, 6.07) is 18.6. The normalized spacial score (nSPS) is 20.4. The lowest BCUT2D eigenvalue weighted by Gasteiger charge is -2.56. The van der Waals surface area contributed by atoms with Crippen molar-refractivity contribution in [2.45, 2.75) is 88.1 Å². The van der Waals surface area contributed by atoms with Gasteiger partial charge in [0.05, 0.1) is 16.0 Å². The minimum Gasteiger partial charge on any atom is -0.455 e. The first-order valence-electron chi connectivity index (χ1n) is 21.9. The Morgan fingerprint density at radius 3 is 2.62 bits per heavy atom. The Morgan fingerprint density at radius 1 is 1.03 bits per heavy atom. The molecule has 6 heterocycles. The summed E-state index contributed by atoms with van der Waals surface area (Å²) in [6.45, 7) is 8.05. The van der Waals surface area contributed by atoms with Gasteiger partial charge in [-0.1, -0.05) is 38.1 Å². The number of aromatic amines is 1. The van der Waals surface area contributed by atoms with Gasteiger partial charge in [-0.2, -0.15) is 0 Å². The number of pyridine rings is 2. The van der Waals surface area contributed by atoms with Gasteiger partial charge in [0.1, 0.15) is 34.2 Å². The average molecular weight is 876 g/mol. The number of carbonyl (C=O) groups excluding carboxylic acids is 2. The molecule has 63 heavy (non-hydrogen) atoms. The minimum atomic E-state index is -4.61. The topological polar surface area (TPSA) is 205 Å². The minimum absolute atomic E-state index is 0.0350. The zero-order chi connectivity index (χ0) is 43.9. The van der Waals surface area contributed by atoms with Crippen molar-refractivity contribution < 1.29 is 27.7 Å². The lowest BCUT2D eigenvalue weighted by Crippen LogP contribution is -2.55. The zero-order valence-corrected chi connectivity index (χ0v) is 36.3. The number of ether oxygens (including phenoxy) is 1. The van der Waals surface area contributed by atoms with Crippen LogP contribution in [0.25, 0.3) is 11.0 Å². The number of nitrogens with one attached hydrogen (secondary N) is 4. The number of piperidine rings is 2. The van der Waals surface area contributed by atoms with Gasteiger partial charge >= 0.3 is 0 Å². The van der Waals surface area contributed by atoms with Crippen molar-refractivity contribution >= 4 is 50.1 Å². The van der Waals surface area contributed by atoms with Crippen LogP contribution in [0.15, 0.2) is 84.1 Å². The predicted molar refractivity (Wildman–Crippen MR) is 238 cm³/mol. The SMILES string of the molecule is CC(C)c1ccccc1[C@@H]1CCCN1C1CC2(CCN(c3cc(Oc4cnc5[nH]ccc5c4)c(C(=O)NS(=O)(=O)c4ccc(NCC5CCNC(=O)C5)c([N+](=O)[O-])c4)cn3)CC2)C1. The van der Waals surface area contributed by atoms with Crippen LogP contribution in [0.3, 0.4) is 0 Å². The zero-order valence-electron chi connectivity index (χ0n) is 35.5. The maximum Gasteiger partial charge on any atom is 0.293 e. The number of anilines is 2. The lowest BCUT2D eigenvalue weighted by atomic mass is 9.60. The van der Waals surface area contributed by atoms with Crippen molar-refractivity contribution in [1.29, 1.82) is 0 Å². The summed E-state index contributed by atoms with van der Waals surface area (Å²) in [6.07, 6.45) is 12.4. The Morgan fingerprint density at radius 2 is 1.84 bits per heavy atom. The van der Waals surface area contributed by atoms with Crippen molar-refractivity contribution in [1.82, 2.24) is 29.9 Å². The molecule has 17 heteroatoms. The molecule has 0 bridgehead atoms. The van der Waals surface area contributed by atoms with E-state index in [4.69, 9.17) is 4.74 Å². The van der Waals surface area contributed by atoms with Gasteiger partial charge < -0.3 is 25.3 Å². The summed E-state index contributed by atoms with van der Waals surface area (Å²) in [5, 5.41) is 18.6. The Hall–Kier alpha value is -6.07. The molecule has 2 amide bonds. The van der Waals surface area contributed by atoms with Gasteiger partial charge in [0.25, 0.3) is 21.6 Å². The number of carbonyl (C=O) groups is 2. The summed E-state index contributed by atoms with van der Waals surface area (Å²) >= 11 is 0. The molecule has 330 valence electrons. The molecule has 0 radical (unpaired) electrons. The van der Waals surface area contributed by atoms with E-state index in [0.717, 1.165) is 43.9 Å². The van der Waals surface area contributed by atoms with Crippen molar-refractivity contribution in [3.05, 3.63) is 106 Å². The number of hydrogen-bond donors (Lipinski definition) is 4. The summed E-state index contributed by atoms with van der Waals surface area (Å²) in [5.41, 5.74) is 3.33. The van der Waals surface area contributed by atoms with Crippen LogP contribution in [-0.4, -0.2) is 83.8 Å². The second-order valence-corrected chi connectivity index (χ2v) is 19.6. The number of sulfonamides is 1. The first-order valence-corrected chi connectivity index (χ1v) is 23.4. The molecule has 3 saturated heterocycles. The predicted octanol–water partition coefficient (Wildman–Crippen LogP) is 7.42. The summed E-state index contributed by atoms with van der Waals surface area (Å²) in [5.74, 6) is 0.355. The molecular weight excluding hydrogens is 823 g/mol. The Labute approximate surface area is 366 Å². The molecule has 4 fully saturated rings. The largest absolute Gasteiger partial charge is 0.455 e. The van der Waals surface area contributed by atoms with Crippen LogP contribution in [0.4, 0.5) is 17.2 Å². The number of amides is 2. The maximum atomic E-state index is 13.9. The van der Waals surface area contributed by atoms with Crippen LogP contribution in [-0.2, 0) is 14.8 Å². The van der Waals surface area contributed by atoms with Gasteiger partial charge in [-0.25, -0.2) is 23.1 Å². The molecule has 2 atom stereocenters. The third-order valence-corrected chi connectivity index (χ3v) is 14.9. The molecule has 1 aliphatic carbocycles. The third-order valence-electron chi connectivity index (χ3n) is 13.6. The van der Waals surface area contributed by atoms with Crippen LogP contribution in [0, 0.1) is 21.4 Å². The molecule has 4 N–H and O–H groups in total. The maximum absolute atomic E-state index is 13.9. The monoisotopic (exact) mass is 875 g/mol. The molecular formula is C46H53N9O7S. The third kappa shape index (κ3) is 8.80. The number of rotatable bonds is 13. The molecule has 16 nitrogen and oxygen atoms in total. The average Bonchev–Trinajstić information content (AvgIpc) is 3.95. The van der Waals surface area contributed by atoms with Crippen LogP contribution in [0.1, 0.15) is 98.7 Å². The van der Waals surface area contributed by atoms with E-state index in [0.29, 0.717) is 54.7 Å².